The van der Waals surface area contributed by atoms with E-state index in [1.807, 2.05) is 19.1 Å². The van der Waals surface area contributed by atoms with E-state index in [0.717, 1.165) is 30.2 Å². The van der Waals surface area contributed by atoms with Crippen LogP contribution in [-0.4, -0.2) is 42.9 Å². The van der Waals surface area contributed by atoms with Gasteiger partial charge in [0.25, 0.3) is 11.1 Å². The number of methoxy groups -OCH3 is 1. The van der Waals surface area contributed by atoms with E-state index in [9.17, 15) is 9.59 Å². The van der Waals surface area contributed by atoms with Crippen LogP contribution in [0.2, 0.25) is 0 Å². The number of benzene rings is 1. The first-order valence-corrected chi connectivity index (χ1v) is 9.81. The molecule has 1 aromatic rings. The molecule has 1 aliphatic rings. The van der Waals surface area contributed by atoms with Crippen LogP contribution in [0.4, 0.5) is 4.79 Å². The quantitative estimate of drug-likeness (QED) is 0.390. The summed E-state index contributed by atoms with van der Waals surface area (Å²) in [5.74, 6) is 0.450. The van der Waals surface area contributed by atoms with Gasteiger partial charge in [0.05, 0.1) is 28.2 Å². The molecule has 1 aromatic carbocycles. The fourth-order valence-corrected chi connectivity index (χ4v) is 4.90. The summed E-state index contributed by atoms with van der Waals surface area (Å²) >= 11 is 5.38. The zero-order chi connectivity index (χ0) is 17.0. The first-order valence-electron chi connectivity index (χ1n) is 6.84. The van der Waals surface area contributed by atoms with Crippen molar-refractivity contribution in [1.29, 1.82) is 0 Å². The molecule has 0 N–H and O–H groups in total. The fraction of sp³-hybridized carbons (Fsp3) is 0.333. The number of hydrogen-bond donors (Lipinski definition) is 0. The highest BCUT2D eigenvalue weighted by atomic mass is 127. The van der Waals surface area contributed by atoms with E-state index in [1.165, 1.54) is 12.0 Å². The lowest BCUT2D eigenvalue weighted by molar-refractivity contribution is -0.123. The van der Waals surface area contributed by atoms with Crippen LogP contribution in [0.5, 0.6) is 5.75 Å². The normalized spacial score (nSPS) is 16.5. The highest BCUT2D eigenvalue weighted by Gasteiger charge is 2.34. The van der Waals surface area contributed by atoms with Crippen molar-refractivity contribution in [3.8, 4) is 5.75 Å². The predicted octanol–water partition coefficient (Wildman–Crippen LogP) is 3.98. The molecule has 2 amide bonds. The Balaban J connectivity index is 2.35. The Labute approximate surface area is 166 Å². The number of hydrogen-bond acceptors (Lipinski definition) is 5. The predicted molar refractivity (Wildman–Crippen MR) is 108 cm³/mol. The molecule has 23 heavy (non-hydrogen) atoms. The van der Waals surface area contributed by atoms with E-state index in [2.05, 4.69) is 45.2 Å². The van der Waals surface area contributed by atoms with Crippen molar-refractivity contribution in [2.24, 2.45) is 0 Å². The van der Waals surface area contributed by atoms with Gasteiger partial charge in [-0.25, -0.2) is 0 Å². The molecule has 1 heterocycles. The molecule has 1 saturated heterocycles. The van der Waals surface area contributed by atoms with Crippen LogP contribution < -0.4 is 4.74 Å². The average Bonchev–Trinajstić information content (AvgIpc) is 2.75. The summed E-state index contributed by atoms with van der Waals surface area (Å²) in [4.78, 5) is 26.0. The zero-order valence-corrected chi connectivity index (χ0v) is 17.7. The Morgan fingerprint density at radius 1 is 1.30 bits per heavy atom. The zero-order valence-electron chi connectivity index (χ0n) is 12.6. The molecule has 0 aromatic heterocycles. The maximum atomic E-state index is 12.4. The van der Waals surface area contributed by atoms with Gasteiger partial charge in [0.15, 0.2) is 0 Å². The van der Waals surface area contributed by atoms with Gasteiger partial charge in [0.1, 0.15) is 5.75 Å². The molecule has 0 spiro atoms. The van der Waals surface area contributed by atoms with Gasteiger partial charge in [-0.05, 0) is 82.1 Å². The van der Waals surface area contributed by atoms with Crippen molar-refractivity contribution in [3.63, 3.8) is 0 Å². The number of halogens is 2. The molecular weight excluding hydrogens is 544 g/mol. The fourth-order valence-electron chi connectivity index (χ4n) is 2.00. The number of carbonyl (C=O) groups is 2. The number of nitrogens with zero attached hydrogens (tertiary/aromatic N) is 1. The molecular formula is C15H15I2NO4S. The molecule has 8 heteroatoms. The van der Waals surface area contributed by atoms with Crippen molar-refractivity contribution in [1.82, 2.24) is 4.90 Å². The van der Waals surface area contributed by atoms with Crippen LogP contribution in [0.25, 0.3) is 6.08 Å². The summed E-state index contributed by atoms with van der Waals surface area (Å²) < 4.78 is 12.6. The molecule has 1 aliphatic heterocycles. The summed E-state index contributed by atoms with van der Waals surface area (Å²) in [7, 11) is 1.54. The van der Waals surface area contributed by atoms with Crippen molar-refractivity contribution >= 4 is 74.2 Å². The molecule has 0 bridgehead atoms. The van der Waals surface area contributed by atoms with E-state index < -0.39 is 0 Å². The lowest BCUT2D eigenvalue weighted by Crippen LogP contribution is -2.31. The summed E-state index contributed by atoms with van der Waals surface area (Å²) in [5.41, 5.74) is 0.806. The number of rotatable bonds is 6. The van der Waals surface area contributed by atoms with E-state index in [1.54, 1.807) is 6.08 Å². The van der Waals surface area contributed by atoms with Gasteiger partial charge < -0.3 is 9.47 Å². The van der Waals surface area contributed by atoms with Crippen LogP contribution >= 0.6 is 56.9 Å². The Kier molecular flexibility index (Phi) is 7.17. The third kappa shape index (κ3) is 4.60. The number of imide groups is 1. The van der Waals surface area contributed by atoms with Crippen molar-refractivity contribution in [2.45, 2.75) is 6.92 Å². The monoisotopic (exact) mass is 559 g/mol. The SMILES string of the molecule is CCOc1c(I)cc(I)cc1/C=C1/SC(=O)N(CCOC)C1=O. The summed E-state index contributed by atoms with van der Waals surface area (Å²) in [6.07, 6.45) is 1.73. The second kappa shape index (κ2) is 8.67. The lowest BCUT2D eigenvalue weighted by atomic mass is 10.2. The molecule has 2 rings (SSSR count). The first kappa shape index (κ1) is 19.0. The smallest absolute Gasteiger partial charge is 0.293 e. The molecule has 124 valence electrons. The number of amides is 2. The van der Waals surface area contributed by atoms with Crippen LogP contribution in [0.3, 0.4) is 0 Å². The van der Waals surface area contributed by atoms with Gasteiger partial charge in [-0.15, -0.1) is 0 Å². The molecule has 0 unspecified atom stereocenters. The molecule has 5 nitrogen and oxygen atoms in total. The number of ether oxygens (including phenoxy) is 2. The Morgan fingerprint density at radius 2 is 2.04 bits per heavy atom. The average molecular weight is 559 g/mol. The topological polar surface area (TPSA) is 55.8 Å². The number of carbonyl (C=O) groups excluding carboxylic acids is 2. The lowest BCUT2D eigenvalue weighted by Gasteiger charge is -2.12. The summed E-state index contributed by atoms with van der Waals surface area (Å²) in [6.45, 7) is 3.04. The van der Waals surface area contributed by atoms with Gasteiger partial charge >= 0.3 is 0 Å². The third-order valence-electron chi connectivity index (χ3n) is 3.00. The third-order valence-corrected chi connectivity index (χ3v) is 5.34. The van der Waals surface area contributed by atoms with E-state index in [4.69, 9.17) is 9.47 Å². The van der Waals surface area contributed by atoms with Crippen LogP contribution in [-0.2, 0) is 9.53 Å². The maximum Gasteiger partial charge on any atom is 0.293 e. The van der Waals surface area contributed by atoms with Crippen LogP contribution in [0, 0.1) is 7.14 Å². The second-order valence-electron chi connectivity index (χ2n) is 4.57. The minimum absolute atomic E-state index is 0.265. The Hall–Kier alpha value is -0.330. The highest BCUT2D eigenvalue weighted by Crippen LogP contribution is 2.36. The van der Waals surface area contributed by atoms with E-state index in [-0.39, 0.29) is 17.7 Å². The van der Waals surface area contributed by atoms with Gasteiger partial charge in [-0.3, -0.25) is 14.5 Å². The standard InChI is InChI=1S/C15H15I2NO4S/c1-3-22-13-9(6-10(16)8-11(13)17)7-12-14(19)18(4-5-21-2)15(20)23-12/h6-8H,3-5H2,1-2H3/b12-7+. The van der Waals surface area contributed by atoms with Gasteiger partial charge in [0.2, 0.25) is 0 Å². The van der Waals surface area contributed by atoms with Gasteiger partial charge in [-0.2, -0.15) is 0 Å². The van der Waals surface area contributed by atoms with Crippen molar-refractivity contribution in [3.05, 3.63) is 29.7 Å². The molecule has 0 radical (unpaired) electrons. The maximum absolute atomic E-state index is 12.4. The Bertz CT molecular complexity index is 663. The van der Waals surface area contributed by atoms with E-state index in [0.29, 0.717) is 18.1 Å². The number of thioether (sulfide) groups is 1. The first-order chi connectivity index (χ1) is 11.0. The molecule has 0 saturated carbocycles. The molecule has 1 fully saturated rings. The summed E-state index contributed by atoms with van der Waals surface area (Å²) in [5, 5.41) is -0.267. The van der Waals surface area contributed by atoms with Crippen LogP contribution in [0.1, 0.15) is 12.5 Å². The largest absolute Gasteiger partial charge is 0.492 e. The minimum Gasteiger partial charge on any atom is -0.492 e. The summed E-state index contributed by atoms with van der Waals surface area (Å²) in [6, 6.07) is 3.95. The Morgan fingerprint density at radius 3 is 2.70 bits per heavy atom. The van der Waals surface area contributed by atoms with Crippen molar-refractivity contribution in [2.75, 3.05) is 26.9 Å². The van der Waals surface area contributed by atoms with E-state index >= 15 is 0 Å². The van der Waals surface area contributed by atoms with Gasteiger partial charge in [-0.1, -0.05) is 0 Å². The molecule has 0 aliphatic carbocycles. The van der Waals surface area contributed by atoms with Crippen LogP contribution in [0.15, 0.2) is 17.0 Å². The van der Waals surface area contributed by atoms with Crippen molar-refractivity contribution < 1.29 is 19.1 Å². The highest BCUT2D eigenvalue weighted by molar-refractivity contribution is 14.1. The van der Waals surface area contributed by atoms with Gasteiger partial charge in [0, 0.05) is 16.2 Å². The minimum atomic E-state index is -0.284. The molecule has 0 atom stereocenters. The second-order valence-corrected chi connectivity index (χ2v) is 7.97.